The number of aryl methyl sites for hydroxylation is 1. The van der Waals surface area contributed by atoms with Crippen LogP contribution in [0.5, 0.6) is 0 Å². The predicted molar refractivity (Wildman–Crippen MR) is 55.8 cm³/mol. The predicted octanol–water partition coefficient (Wildman–Crippen LogP) is 2.66. The normalized spacial score (nSPS) is 12.0. The summed E-state index contributed by atoms with van der Waals surface area (Å²) in [5, 5.41) is 0. The monoisotopic (exact) mass is 197 g/mol. The molecule has 0 aliphatic rings. The fourth-order valence-electron chi connectivity index (χ4n) is 1.03. The van der Waals surface area contributed by atoms with Crippen LogP contribution in [-0.4, -0.2) is 5.60 Å². The third-order valence-corrected chi connectivity index (χ3v) is 1.69. The number of hydroxylamine groups is 1. The molecule has 0 amide bonds. The molecule has 1 heterocycles. The third-order valence-electron chi connectivity index (χ3n) is 1.69. The van der Waals surface area contributed by atoms with E-state index in [2.05, 4.69) is 12.4 Å². The molecule has 0 spiro atoms. The standard InChI is InChI=1S/C11H19NO2/c1-5-9-6-7-10(13-9)8-12-14-11(2,3)4/h6-7,12H,5,8H2,1-4H3. The molecule has 0 saturated carbocycles. The van der Waals surface area contributed by atoms with Gasteiger partial charge in [0.25, 0.3) is 0 Å². The topological polar surface area (TPSA) is 34.4 Å². The van der Waals surface area contributed by atoms with Gasteiger partial charge in [0.15, 0.2) is 0 Å². The van der Waals surface area contributed by atoms with E-state index in [4.69, 9.17) is 9.25 Å². The van der Waals surface area contributed by atoms with E-state index in [1.807, 2.05) is 32.9 Å². The van der Waals surface area contributed by atoms with Crippen LogP contribution in [0.25, 0.3) is 0 Å². The van der Waals surface area contributed by atoms with E-state index in [0.717, 1.165) is 17.9 Å². The van der Waals surface area contributed by atoms with Gasteiger partial charge in [-0.05, 0) is 32.9 Å². The molecule has 0 aliphatic carbocycles. The molecule has 1 aromatic heterocycles. The zero-order chi connectivity index (χ0) is 10.6. The SMILES string of the molecule is CCc1ccc(CNOC(C)(C)C)o1. The lowest BCUT2D eigenvalue weighted by Crippen LogP contribution is -2.28. The van der Waals surface area contributed by atoms with Gasteiger partial charge >= 0.3 is 0 Å². The first-order valence-electron chi connectivity index (χ1n) is 4.99. The summed E-state index contributed by atoms with van der Waals surface area (Å²) in [6, 6.07) is 3.96. The Labute approximate surface area is 85.4 Å². The van der Waals surface area contributed by atoms with Gasteiger partial charge < -0.3 is 4.42 Å². The summed E-state index contributed by atoms with van der Waals surface area (Å²) in [4.78, 5) is 5.37. The zero-order valence-electron chi connectivity index (χ0n) is 9.39. The first-order chi connectivity index (χ1) is 6.51. The first-order valence-corrected chi connectivity index (χ1v) is 4.99. The number of hydrogen-bond donors (Lipinski definition) is 1. The molecule has 0 atom stereocenters. The Morgan fingerprint density at radius 1 is 1.29 bits per heavy atom. The second kappa shape index (κ2) is 4.62. The minimum atomic E-state index is -0.166. The van der Waals surface area contributed by atoms with Crippen LogP contribution >= 0.6 is 0 Å². The van der Waals surface area contributed by atoms with Crippen LogP contribution in [0, 0.1) is 0 Å². The van der Waals surface area contributed by atoms with Crippen LogP contribution in [0.3, 0.4) is 0 Å². The van der Waals surface area contributed by atoms with Crippen molar-refractivity contribution in [2.45, 2.75) is 46.3 Å². The van der Waals surface area contributed by atoms with Crippen molar-refractivity contribution >= 4 is 0 Å². The van der Waals surface area contributed by atoms with Gasteiger partial charge in [0, 0.05) is 6.42 Å². The van der Waals surface area contributed by atoms with Crippen molar-refractivity contribution in [3.8, 4) is 0 Å². The molecule has 1 rings (SSSR count). The van der Waals surface area contributed by atoms with Crippen LogP contribution in [0.4, 0.5) is 0 Å². The molecule has 0 aliphatic heterocycles. The molecular weight excluding hydrogens is 178 g/mol. The third kappa shape index (κ3) is 3.94. The quantitative estimate of drug-likeness (QED) is 0.753. The van der Waals surface area contributed by atoms with Crippen LogP contribution in [0.2, 0.25) is 0 Å². The summed E-state index contributed by atoms with van der Waals surface area (Å²) in [7, 11) is 0. The average Bonchev–Trinajstić information content (AvgIpc) is 2.50. The van der Waals surface area contributed by atoms with Gasteiger partial charge in [-0.2, -0.15) is 5.48 Å². The van der Waals surface area contributed by atoms with Crippen molar-refractivity contribution < 1.29 is 9.25 Å². The van der Waals surface area contributed by atoms with E-state index in [1.54, 1.807) is 0 Å². The fraction of sp³-hybridized carbons (Fsp3) is 0.636. The van der Waals surface area contributed by atoms with Crippen LogP contribution in [0.1, 0.15) is 39.2 Å². The van der Waals surface area contributed by atoms with Gasteiger partial charge in [-0.25, -0.2) is 0 Å². The number of furan rings is 1. The highest BCUT2D eigenvalue weighted by molar-refractivity contribution is 5.06. The highest BCUT2D eigenvalue weighted by atomic mass is 16.7. The number of rotatable bonds is 4. The molecule has 0 aromatic carbocycles. The molecule has 3 heteroatoms. The molecule has 0 radical (unpaired) electrons. The Morgan fingerprint density at radius 3 is 2.43 bits per heavy atom. The minimum Gasteiger partial charge on any atom is -0.465 e. The van der Waals surface area contributed by atoms with Crippen molar-refractivity contribution in [2.75, 3.05) is 0 Å². The van der Waals surface area contributed by atoms with Crippen LogP contribution < -0.4 is 5.48 Å². The Hall–Kier alpha value is -0.800. The molecule has 1 aromatic rings. The number of hydrogen-bond acceptors (Lipinski definition) is 3. The molecule has 14 heavy (non-hydrogen) atoms. The maximum atomic E-state index is 5.51. The van der Waals surface area contributed by atoms with Gasteiger partial charge in [0.1, 0.15) is 11.5 Å². The summed E-state index contributed by atoms with van der Waals surface area (Å²) in [5.74, 6) is 1.92. The van der Waals surface area contributed by atoms with Crippen LogP contribution in [-0.2, 0) is 17.8 Å². The summed E-state index contributed by atoms with van der Waals surface area (Å²) in [5.41, 5.74) is 2.72. The van der Waals surface area contributed by atoms with Crippen molar-refractivity contribution in [3.05, 3.63) is 23.7 Å². The number of nitrogens with one attached hydrogen (secondary N) is 1. The molecule has 80 valence electrons. The van der Waals surface area contributed by atoms with Gasteiger partial charge in [-0.15, -0.1) is 0 Å². The Balaban J connectivity index is 2.31. The summed E-state index contributed by atoms with van der Waals surface area (Å²) in [6.45, 7) is 8.68. The molecule has 0 saturated heterocycles. The van der Waals surface area contributed by atoms with Crippen molar-refractivity contribution in [2.24, 2.45) is 0 Å². The molecule has 0 unspecified atom stereocenters. The van der Waals surface area contributed by atoms with E-state index in [1.165, 1.54) is 0 Å². The summed E-state index contributed by atoms with van der Waals surface area (Å²) in [6.07, 6.45) is 0.931. The van der Waals surface area contributed by atoms with Crippen molar-refractivity contribution in [1.29, 1.82) is 0 Å². The van der Waals surface area contributed by atoms with Crippen molar-refractivity contribution in [3.63, 3.8) is 0 Å². The summed E-state index contributed by atoms with van der Waals surface area (Å²) < 4.78 is 5.51. The Kier molecular flexibility index (Phi) is 3.72. The minimum absolute atomic E-state index is 0.166. The Morgan fingerprint density at radius 2 is 1.93 bits per heavy atom. The lowest BCUT2D eigenvalue weighted by atomic mass is 10.2. The molecule has 3 nitrogen and oxygen atoms in total. The molecule has 0 bridgehead atoms. The highest BCUT2D eigenvalue weighted by Crippen LogP contribution is 2.09. The zero-order valence-corrected chi connectivity index (χ0v) is 9.39. The van der Waals surface area contributed by atoms with Gasteiger partial charge in [0.2, 0.25) is 0 Å². The van der Waals surface area contributed by atoms with Gasteiger partial charge in [0.05, 0.1) is 12.1 Å². The highest BCUT2D eigenvalue weighted by Gasteiger charge is 2.10. The van der Waals surface area contributed by atoms with Crippen molar-refractivity contribution in [1.82, 2.24) is 5.48 Å². The van der Waals surface area contributed by atoms with E-state index < -0.39 is 0 Å². The molecule has 1 N–H and O–H groups in total. The average molecular weight is 197 g/mol. The maximum absolute atomic E-state index is 5.51. The lowest BCUT2D eigenvalue weighted by molar-refractivity contribution is -0.0775. The fourth-order valence-corrected chi connectivity index (χ4v) is 1.03. The van der Waals surface area contributed by atoms with Gasteiger partial charge in [-0.1, -0.05) is 6.92 Å². The van der Waals surface area contributed by atoms with E-state index in [0.29, 0.717) is 6.54 Å². The lowest BCUT2D eigenvalue weighted by Gasteiger charge is -2.18. The van der Waals surface area contributed by atoms with E-state index >= 15 is 0 Å². The second-order valence-corrected chi connectivity index (χ2v) is 4.26. The molecule has 0 fully saturated rings. The smallest absolute Gasteiger partial charge is 0.120 e. The summed E-state index contributed by atoms with van der Waals surface area (Å²) >= 11 is 0. The first kappa shape index (κ1) is 11.3. The Bertz CT molecular complexity index is 273. The molecular formula is C11H19NO2. The largest absolute Gasteiger partial charge is 0.465 e. The van der Waals surface area contributed by atoms with E-state index in [-0.39, 0.29) is 5.60 Å². The van der Waals surface area contributed by atoms with E-state index in [9.17, 15) is 0 Å². The second-order valence-electron chi connectivity index (χ2n) is 4.26. The van der Waals surface area contributed by atoms with Crippen LogP contribution in [0.15, 0.2) is 16.5 Å². The maximum Gasteiger partial charge on any atom is 0.120 e. The van der Waals surface area contributed by atoms with Gasteiger partial charge in [-0.3, -0.25) is 4.84 Å².